The van der Waals surface area contributed by atoms with Gasteiger partial charge in [0.1, 0.15) is 11.5 Å². The van der Waals surface area contributed by atoms with Crippen LogP contribution in [-0.2, 0) is 22.5 Å². The molecule has 6 rings (SSSR count). The second-order valence-corrected chi connectivity index (χ2v) is 14.6. The Balaban J connectivity index is 1.28. The maximum absolute atomic E-state index is 13.4. The molecule has 4 aromatic carbocycles. The molecule has 0 spiro atoms. The predicted octanol–water partition coefficient (Wildman–Crippen LogP) is 4.90. The molecule has 0 aliphatic heterocycles. The van der Waals surface area contributed by atoms with Gasteiger partial charge in [-0.2, -0.15) is 13.0 Å². The van der Waals surface area contributed by atoms with Crippen molar-refractivity contribution in [3.05, 3.63) is 111 Å². The van der Waals surface area contributed by atoms with Gasteiger partial charge in [0.2, 0.25) is 0 Å². The smallest absolute Gasteiger partial charge is 0.316 e. The van der Waals surface area contributed by atoms with E-state index in [0.717, 1.165) is 5.56 Å². The van der Waals surface area contributed by atoms with Crippen LogP contribution in [0.3, 0.4) is 0 Å². The molecule has 0 fully saturated rings. The zero-order chi connectivity index (χ0) is 39.9. The van der Waals surface area contributed by atoms with Crippen molar-refractivity contribution in [2.75, 3.05) is 35.7 Å². The molecule has 7 N–H and O–H groups in total. The highest BCUT2D eigenvalue weighted by Crippen LogP contribution is 2.31. The molecule has 20 heteroatoms. The molecule has 0 aliphatic rings. The van der Waals surface area contributed by atoms with Crippen LogP contribution in [0.2, 0.25) is 10.0 Å². The van der Waals surface area contributed by atoms with Gasteiger partial charge >= 0.3 is 22.5 Å². The predicted molar refractivity (Wildman–Crippen MR) is 214 cm³/mol. The van der Waals surface area contributed by atoms with Crippen molar-refractivity contribution in [3.63, 3.8) is 0 Å². The third-order valence-electron chi connectivity index (χ3n) is 7.93. The molecule has 0 aliphatic carbocycles. The minimum Gasteiger partial charge on any atom is -0.395 e. The standard InChI is InChI=1S/C36H34Cl2N8O8S2/c1-20-3-5-22(35(49)39-7-9-47)15-31(20)53-55(51)44-28-13-25(34-41-33-19-30(42-46(33)43-34)24-11-26(37)17-27(38)12-24)14-29(18-28)45-56(52)54-32-16-23(6-4-21(32)2)36(50)40-8-10-48/h3-6,11-19,42,44-45,47-48H,7-10H2,1-2H3,(H,39,49)(H,40,50). The van der Waals surface area contributed by atoms with Gasteiger partial charge in [-0.05, 0) is 85.6 Å². The van der Waals surface area contributed by atoms with E-state index in [4.69, 9.17) is 41.8 Å². The molecular weight excluding hydrogens is 807 g/mol. The van der Waals surface area contributed by atoms with Crippen molar-refractivity contribution in [1.29, 1.82) is 0 Å². The van der Waals surface area contributed by atoms with Gasteiger partial charge in [0.05, 0.1) is 30.3 Å². The highest BCUT2D eigenvalue weighted by molar-refractivity contribution is 7.82. The van der Waals surface area contributed by atoms with E-state index in [-0.39, 0.29) is 66.1 Å². The monoisotopic (exact) mass is 840 g/mol. The third kappa shape index (κ3) is 10.0. The summed E-state index contributed by atoms with van der Waals surface area (Å²) in [6.07, 6.45) is 0. The van der Waals surface area contributed by atoms with Crippen LogP contribution in [0, 0.1) is 13.8 Å². The highest BCUT2D eigenvalue weighted by atomic mass is 35.5. The van der Waals surface area contributed by atoms with Crippen molar-refractivity contribution >= 4 is 74.6 Å². The fourth-order valence-corrected chi connectivity index (χ4v) is 7.15. The van der Waals surface area contributed by atoms with Crippen LogP contribution in [0.25, 0.3) is 28.3 Å². The number of nitrogens with one attached hydrogen (secondary N) is 5. The summed E-state index contributed by atoms with van der Waals surface area (Å²) in [6, 6.07) is 20.9. The van der Waals surface area contributed by atoms with E-state index in [1.54, 1.807) is 74.5 Å². The average molecular weight is 842 g/mol. The molecule has 2 atom stereocenters. The van der Waals surface area contributed by atoms with Gasteiger partial charge in [0.25, 0.3) is 11.8 Å². The molecule has 0 saturated heterocycles. The number of H-pyrrole nitrogens is 1. The fourth-order valence-electron chi connectivity index (χ4n) is 5.23. The SMILES string of the molecule is Cc1ccc(C(=O)NCCO)cc1OS(=O)Nc1cc(NS(=O)Oc2cc(C(=O)NCCO)ccc2C)cc(-c2nc3cc(-c4cc(Cl)cc(Cl)c4)[nH]n3n2)c1. The van der Waals surface area contributed by atoms with Crippen LogP contribution in [-0.4, -0.2) is 76.6 Å². The molecule has 0 radical (unpaired) electrons. The Morgan fingerprint density at radius 2 is 1.25 bits per heavy atom. The Hall–Kier alpha value is -5.50. The Bertz CT molecular complexity index is 2320. The number of aromatic nitrogens is 4. The van der Waals surface area contributed by atoms with Crippen molar-refractivity contribution in [2.24, 2.45) is 0 Å². The van der Waals surface area contributed by atoms with Gasteiger partial charge in [0, 0.05) is 51.5 Å². The molecule has 16 nitrogen and oxygen atoms in total. The van der Waals surface area contributed by atoms with Gasteiger partial charge < -0.3 is 29.2 Å². The molecule has 2 amide bonds. The largest absolute Gasteiger partial charge is 0.395 e. The Labute approximate surface area is 335 Å². The molecule has 2 unspecified atom stereocenters. The number of aliphatic hydroxyl groups is 2. The summed E-state index contributed by atoms with van der Waals surface area (Å²) in [4.78, 5) is 29.6. The van der Waals surface area contributed by atoms with Crippen molar-refractivity contribution in [2.45, 2.75) is 13.8 Å². The number of aryl methyl sites for hydroxylation is 2. The summed E-state index contributed by atoms with van der Waals surface area (Å²) < 4.78 is 45.1. The molecule has 2 aromatic heterocycles. The second kappa shape index (κ2) is 18.0. The number of aliphatic hydroxyl groups excluding tert-OH is 2. The van der Waals surface area contributed by atoms with Crippen LogP contribution in [0.1, 0.15) is 31.8 Å². The Kier molecular flexibility index (Phi) is 12.9. The molecule has 292 valence electrons. The van der Waals surface area contributed by atoms with E-state index in [9.17, 15) is 18.0 Å². The topological polar surface area (TPSA) is 221 Å². The number of anilines is 2. The quantitative estimate of drug-likeness (QED) is 0.0699. The summed E-state index contributed by atoms with van der Waals surface area (Å²) in [5.74, 6) is -0.310. The second-order valence-electron chi connectivity index (χ2n) is 12.1. The summed E-state index contributed by atoms with van der Waals surface area (Å²) in [6.45, 7) is 3.10. The lowest BCUT2D eigenvalue weighted by Crippen LogP contribution is -2.26. The molecule has 2 heterocycles. The number of carbonyl (C=O) groups excluding carboxylic acids is 2. The Morgan fingerprint density at radius 3 is 1.73 bits per heavy atom. The summed E-state index contributed by atoms with van der Waals surface area (Å²) in [5, 5.41) is 31.8. The highest BCUT2D eigenvalue weighted by Gasteiger charge is 2.18. The number of aromatic amines is 1. The number of halogens is 2. The number of carbonyl (C=O) groups is 2. The van der Waals surface area contributed by atoms with Gasteiger partial charge in [-0.15, -0.1) is 5.10 Å². The first-order valence-corrected chi connectivity index (χ1v) is 19.6. The van der Waals surface area contributed by atoms with Crippen molar-refractivity contribution in [3.8, 4) is 34.1 Å². The van der Waals surface area contributed by atoms with Gasteiger partial charge in [-0.1, -0.05) is 35.3 Å². The summed E-state index contributed by atoms with van der Waals surface area (Å²) in [5.41, 5.74) is 4.39. The molecule has 6 aromatic rings. The average Bonchev–Trinajstić information content (AvgIpc) is 3.74. The minimum atomic E-state index is -2.21. The maximum atomic E-state index is 13.4. The van der Waals surface area contributed by atoms with Crippen LogP contribution in [0.15, 0.2) is 78.9 Å². The lowest BCUT2D eigenvalue weighted by Gasteiger charge is -2.14. The number of nitrogens with zero attached hydrogens (tertiary/aromatic N) is 3. The number of hydrogen-bond acceptors (Lipinski definition) is 10. The van der Waals surface area contributed by atoms with E-state index in [1.165, 1.54) is 22.8 Å². The number of hydrogen-bond donors (Lipinski definition) is 7. The van der Waals surface area contributed by atoms with Gasteiger partial charge in [-0.25, -0.2) is 4.98 Å². The van der Waals surface area contributed by atoms with E-state index in [0.29, 0.717) is 38.1 Å². The maximum Gasteiger partial charge on any atom is 0.316 e. The van der Waals surface area contributed by atoms with Gasteiger partial charge in [0.15, 0.2) is 11.5 Å². The van der Waals surface area contributed by atoms with E-state index >= 15 is 0 Å². The number of amides is 2. The third-order valence-corrected chi connectivity index (χ3v) is 9.83. The van der Waals surface area contributed by atoms with Crippen LogP contribution in [0.4, 0.5) is 11.4 Å². The van der Waals surface area contributed by atoms with Crippen LogP contribution in [0.5, 0.6) is 11.5 Å². The summed E-state index contributed by atoms with van der Waals surface area (Å²) in [7, 11) is 0. The first kappa shape index (κ1) is 40.2. The minimum absolute atomic E-state index is 0.0619. The molecule has 0 saturated carbocycles. The number of rotatable bonds is 16. The first-order chi connectivity index (χ1) is 26.9. The van der Waals surface area contributed by atoms with E-state index in [2.05, 4.69) is 35.3 Å². The summed E-state index contributed by atoms with van der Waals surface area (Å²) >= 11 is 7.98. The first-order valence-electron chi connectivity index (χ1n) is 16.7. The lowest BCUT2D eigenvalue weighted by molar-refractivity contribution is 0.0937. The van der Waals surface area contributed by atoms with E-state index in [1.807, 2.05) is 0 Å². The fraction of sp³-hybridized carbons (Fsp3) is 0.167. The van der Waals surface area contributed by atoms with Crippen molar-refractivity contribution < 1.29 is 36.6 Å². The zero-order valence-electron chi connectivity index (χ0n) is 29.6. The zero-order valence-corrected chi connectivity index (χ0v) is 32.7. The van der Waals surface area contributed by atoms with E-state index < -0.39 is 34.3 Å². The van der Waals surface area contributed by atoms with Gasteiger partial charge in [-0.3, -0.25) is 24.1 Å². The number of fused-ring (bicyclic) bond motifs is 1. The molecule has 56 heavy (non-hydrogen) atoms. The normalized spacial score (nSPS) is 12.2. The number of benzene rings is 4. The molecular formula is C36H34Cl2N8O8S2. The van der Waals surface area contributed by atoms with Crippen molar-refractivity contribution in [1.82, 2.24) is 30.4 Å². The Morgan fingerprint density at radius 1 is 0.732 bits per heavy atom. The van der Waals surface area contributed by atoms with Crippen LogP contribution >= 0.6 is 23.2 Å². The lowest BCUT2D eigenvalue weighted by atomic mass is 10.1. The molecule has 0 bridgehead atoms. The van der Waals surface area contributed by atoms with Crippen LogP contribution < -0.4 is 28.4 Å².